The first kappa shape index (κ1) is 15.2. The molecule has 18 heavy (non-hydrogen) atoms. The standard InChI is InChI=1S/C13H18INO3/c1-3-13(4-2,8-16)15-12(18)10-7-9(14)5-6-11(10)17/h5-7,16-17H,3-4,8H2,1-2H3,(H,15,18). The molecule has 0 saturated carbocycles. The molecule has 100 valence electrons. The van der Waals surface area contributed by atoms with E-state index in [2.05, 4.69) is 27.9 Å². The maximum atomic E-state index is 12.1. The van der Waals surface area contributed by atoms with Gasteiger partial charge in [0.15, 0.2) is 0 Å². The number of aliphatic hydroxyl groups is 1. The topological polar surface area (TPSA) is 69.6 Å². The minimum Gasteiger partial charge on any atom is -0.507 e. The number of hydrogen-bond acceptors (Lipinski definition) is 3. The average Bonchev–Trinajstić information content (AvgIpc) is 2.38. The lowest BCUT2D eigenvalue weighted by atomic mass is 9.93. The third-order valence-corrected chi connectivity index (χ3v) is 3.91. The molecule has 1 rings (SSSR count). The Morgan fingerprint density at radius 1 is 1.39 bits per heavy atom. The molecule has 0 aromatic heterocycles. The van der Waals surface area contributed by atoms with Gasteiger partial charge in [-0.25, -0.2) is 0 Å². The summed E-state index contributed by atoms with van der Waals surface area (Å²) in [4.78, 5) is 12.1. The van der Waals surface area contributed by atoms with Gasteiger partial charge in [0.25, 0.3) is 5.91 Å². The Balaban J connectivity index is 2.97. The van der Waals surface area contributed by atoms with E-state index in [4.69, 9.17) is 0 Å². The second kappa shape index (κ2) is 6.38. The third kappa shape index (κ3) is 3.35. The van der Waals surface area contributed by atoms with Gasteiger partial charge in [0, 0.05) is 3.57 Å². The maximum Gasteiger partial charge on any atom is 0.255 e. The van der Waals surface area contributed by atoms with Crippen molar-refractivity contribution in [3.63, 3.8) is 0 Å². The molecular formula is C13H18INO3. The Hall–Kier alpha value is -0.820. The van der Waals surface area contributed by atoms with Crippen LogP contribution in [0.4, 0.5) is 0 Å². The molecule has 0 aliphatic rings. The Bertz CT molecular complexity index is 422. The monoisotopic (exact) mass is 363 g/mol. The summed E-state index contributed by atoms with van der Waals surface area (Å²) in [5, 5.41) is 21.9. The summed E-state index contributed by atoms with van der Waals surface area (Å²) >= 11 is 2.08. The van der Waals surface area contributed by atoms with Gasteiger partial charge >= 0.3 is 0 Å². The van der Waals surface area contributed by atoms with Gasteiger partial charge < -0.3 is 15.5 Å². The molecule has 3 N–H and O–H groups in total. The van der Waals surface area contributed by atoms with Crippen molar-refractivity contribution in [1.82, 2.24) is 5.32 Å². The smallest absolute Gasteiger partial charge is 0.255 e. The summed E-state index contributed by atoms with van der Waals surface area (Å²) in [6, 6.07) is 4.85. The molecule has 0 aliphatic heterocycles. The molecule has 0 bridgehead atoms. The minimum atomic E-state index is -0.620. The summed E-state index contributed by atoms with van der Waals surface area (Å²) in [6.45, 7) is 3.71. The number of aliphatic hydroxyl groups excluding tert-OH is 1. The van der Waals surface area contributed by atoms with Gasteiger partial charge in [-0.1, -0.05) is 13.8 Å². The fraction of sp³-hybridized carbons (Fsp3) is 0.462. The number of phenols is 1. The summed E-state index contributed by atoms with van der Waals surface area (Å²) in [6.07, 6.45) is 1.27. The number of carbonyl (C=O) groups excluding carboxylic acids is 1. The molecular weight excluding hydrogens is 345 g/mol. The molecule has 1 aromatic rings. The number of aromatic hydroxyl groups is 1. The summed E-state index contributed by atoms with van der Waals surface area (Å²) in [5.41, 5.74) is -0.383. The zero-order valence-corrected chi connectivity index (χ0v) is 12.7. The Kier molecular flexibility index (Phi) is 5.40. The van der Waals surface area contributed by atoms with E-state index in [1.165, 1.54) is 6.07 Å². The van der Waals surface area contributed by atoms with Crippen LogP contribution < -0.4 is 5.32 Å². The van der Waals surface area contributed by atoms with Crippen molar-refractivity contribution in [2.75, 3.05) is 6.61 Å². The number of rotatable bonds is 5. The predicted octanol–water partition coefficient (Wildman–Crippen LogP) is 2.28. The molecule has 0 fully saturated rings. The van der Waals surface area contributed by atoms with E-state index in [0.29, 0.717) is 12.8 Å². The van der Waals surface area contributed by atoms with E-state index in [1.807, 2.05) is 13.8 Å². The van der Waals surface area contributed by atoms with Gasteiger partial charge in [0.1, 0.15) is 5.75 Å². The first-order valence-corrected chi connectivity index (χ1v) is 6.97. The van der Waals surface area contributed by atoms with Gasteiger partial charge in [0.05, 0.1) is 17.7 Å². The van der Waals surface area contributed by atoms with E-state index in [0.717, 1.165) is 3.57 Å². The Labute approximate surface area is 121 Å². The normalized spacial score (nSPS) is 11.3. The second-order valence-corrected chi connectivity index (χ2v) is 5.51. The van der Waals surface area contributed by atoms with E-state index in [-0.39, 0.29) is 23.8 Å². The van der Waals surface area contributed by atoms with Crippen molar-refractivity contribution >= 4 is 28.5 Å². The fourth-order valence-electron chi connectivity index (χ4n) is 1.69. The molecule has 0 unspecified atom stereocenters. The molecule has 5 heteroatoms. The maximum absolute atomic E-state index is 12.1. The van der Waals surface area contributed by atoms with Crippen molar-refractivity contribution in [2.24, 2.45) is 0 Å². The Morgan fingerprint density at radius 3 is 2.50 bits per heavy atom. The summed E-state index contributed by atoms with van der Waals surface area (Å²) < 4.78 is 0.873. The van der Waals surface area contributed by atoms with Gasteiger partial charge in [-0.3, -0.25) is 4.79 Å². The van der Waals surface area contributed by atoms with Crippen LogP contribution >= 0.6 is 22.6 Å². The van der Waals surface area contributed by atoms with Crippen LogP contribution in [0.5, 0.6) is 5.75 Å². The van der Waals surface area contributed by atoms with Crippen molar-refractivity contribution in [2.45, 2.75) is 32.2 Å². The predicted molar refractivity (Wildman–Crippen MR) is 78.7 cm³/mol. The van der Waals surface area contributed by atoms with Crippen LogP contribution in [0.2, 0.25) is 0 Å². The number of phenolic OH excluding ortho intramolecular Hbond substituents is 1. The highest BCUT2D eigenvalue weighted by Gasteiger charge is 2.28. The molecule has 4 nitrogen and oxygen atoms in total. The van der Waals surface area contributed by atoms with Crippen molar-refractivity contribution in [3.05, 3.63) is 27.3 Å². The molecule has 0 aliphatic carbocycles. The molecule has 1 aromatic carbocycles. The molecule has 0 radical (unpaired) electrons. The van der Waals surface area contributed by atoms with Gasteiger partial charge in [-0.15, -0.1) is 0 Å². The van der Waals surface area contributed by atoms with Crippen LogP contribution in [0.15, 0.2) is 18.2 Å². The highest BCUT2D eigenvalue weighted by atomic mass is 127. The molecule has 0 saturated heterocycles. The van der Waals surface area contributed by atoms with Crippen LogP contribution in [0.3, 0.4) is 0 Å². The van der Waals surface area contributed by atoms with Gasteiger partial charge in [0.2, 0.25) is 0 Å². The quantitative estimate of drug-likeness (QED) is 0.703. The van der Waals surface area contributed by atoms with E-state index >= 15 is 0 Å². The van der Waals surface area contributed by atoms with Crippen molar-refractivity contribution in [1.29, 1.82) is 0 Å². The molecule has 1 amide bonds. The number of nitrogens with one attached hydrogen (secondary N) is 1. The summed E-state index contributed by atoms with van der Waals surface area (Å²) in [7, 11) is 0. The SMILES string of the molecule is CCC(CC)(CO)NC(=O)c1cc(I)ccc1O. The zero-order valence-electron chi connectivity index (χ0n) is 10.5. The minimum absolute atomic E-state index is 0.0491. The molecule has 0 heterocycles. The lowest BCUT2D eigenvalue weighted by Gasteiger charge is -2.30. The third-order valence-electron chi connectivity index (χ3n) is 3.24. The van der Waals surface area contributed by atoms with Crippen molar-refractivity contribution in [3.8, 4) is 5.75 Å². The van der Waals surface area contributed by atoms with E-state index < -0.39 is 5.54 Å². The summed E-state index contributed by atoms with van der Waals surface area (Å²) in [5.74, 6) is -0.407. The number of halogens is 1. The second-order valence-electron chi connectivity index (χ2n) is 4.26. The van der Waals surface area contributed by atoms with E-state index in [9.17, 15) is 15.0 Å². The lowest BCUT2D eigenvalue weighted by Crippen LogP contribution is -2.50. The van der Waals surface area contributed by atoms with Gasteiger partial charge in [-0.2, -0.15) is 0 Å². The van der Waals surface area contributed by atoms with Gasteiger partial charge in [-0.05, 0) is 53.6 Å². The highest BCUT2D eigenvalue weighted by molar-refractivity contribution is 14.1. The number of hydrogen-bond donors (Lipinski definition) is 3. The van der Waals surface area contributed by atoms with Crippen LogP contribution in [-0.4, -0.2) is 28.3 Å². The number of carbonyl (C=O) groups is 1. The first-order chi connectivity index (χ1) is 8.48. The average molecular weight is 363 g/mol. The number of benzene rings is 1. The fourth-order valence-corrected chi connectivity index (χ4v) is 2.18. The van der Waals surface area contributed by atoms with Crippen LogP contribution in [0.25, 0.3) is 0 Å². The Morgan fingerprint density at radius 2 is 2.00 bits per heavy atom. The highest BCUT2D eigenvalue weighted by Crippen LogP contribution is 2.22. The van der Waals surface area contributed by atoms with E-state index in [1.54, 1.807) is 12.1 Å². The van der Waals surface area contributed by atoms with Crippen LogP contribution in [0, 0.1) is 3.57 Å². The first-order valence-electron chi connectivity index (χ1n) is 5.90. The van der Waals surface area contributed by atoms with Crippen LogP contribution in [-0.2, 0) is 0 Å². The largest absolute Gasteiger partial charge is 0.507 e. The van der Waals surface area contributed by atoms with Crippen molar-refractivity contribution < 1.29 is 15.0 Å². The number of amides is 1. The lowest BCUT2D eigenvalue weighted by molar-refractivity contribution is 0.0815. The molecule has 0 atom stereocenters. The molecule has 0 spiro atoms. The van der Waals surface area contributed by atoms with Crippen LogP contribution in [0.1, 0.15) is 37.0 Å². The zero-order chi connectivity index (χ0) is 13.8.